The van der Waals surface area contributed by atoms with Crippen molar-refractivity contribution in [3.8, 4) is 16.9 Å². The molecule has 10 rings (SSSR count). The van der Waals surface area contributed by atoms with E-state index in [0.29, 0.717) is 0 Å². The summed E-state index contributed by atoms with van der Waals surface area (Å²) in [5.74, 6) is 0. The number of hydrogen-bond donors (Lipinski definition) is 0. The average Bonchev–Trinajstić information content (AvgIpc) is 3.74. The Kier molecular flexibility index (Phi) is 4.42. The van der Waals surface area contributed by atoms with Gasteiger partial charge in [-0.1, -0.05) is 78.9 Å². The second-order valence-corrected chi connectivity index (χ2v) is 11.3. The van der Waals surface area contributed by atoms with Crippen molar-refractivity contribution in [3.05, 3.63) is 140 Å². The van der Waals surface area contributed by atoms with Gasteiger partial charge in [-0.15, -0.1) is 0 Å². The molecule has 0 N–H and O–H groups in total. The Labute approximate surface area is 245 Å². The molecule has 0 unspecified atom stereocenters. The Morgan fingerprint density at radius 1 is 0.535 bits per heavy atom. The van der Waals surface area contributed by atoms with Gasteiger partial charge >= 0.3 is 0 Å². The summed E-state index contributed by atoms with van der Waals surface area (Å²) in [6.45, 7) is 0. The van der Waals surface area contributed by atoms with Crippen LogP contribution in [0.4, 0.5) is 0 Å². The van der Waals surface area contributed by atoms with Crippen LogP contribution in [0.25, 0.3) is 87.9 Å². The number of rotatable bonds is 2. The molecule has 10 aromatic rings. The van der Waals surface area contributed by atoms with E-state index < -0.39 is 0 Å². The van der Waals surface area contributed by atoms with Gasteiger partial charge in [0.2, 0.25) is 0 Å². The zero-order valence-electron chi connectivity index (χ0n) is 23.0. The van der Waals surface area contributed by atoms with Gasteiger partial charge in [0, 0.05) is 56.6 Å². The maximum absolute atomic E-state index is 6.52. The predicted octanol–water partition coefficient (Wildman–Crippen LogP) is 10.3. The molecule has 0 radical (unpaired) electrons. The summed E-state index contributed by atoms with van der Waals surface area (Å²) < 4.78 is 11.0. The number of fused-ring (bicyclic) bond motifs is 10. The summed E-state index contributed by atoms with van der Waals surface area (Å²) >= 11 is 0. The second-order valence-electron chi connectivity index (χ2n) is 11.3. The lowest BCUT2D eigenvalue weighted by Crippen LogP contribution is -1.94. The van der Waals surface area contributed by atoms with E-state index in [9.17, 15) is 0 Å². The number of aromatic nitrogens is 3. The van der Waals surface area contributed by atoms with E-state index in [-0.39, 0.29) is 0 Å². The van der Waals surface area contributed by atoms with Crippen molar-refractivity contribution in [2.75, 3.05) is 0 Å². The van der Waals surface area contributed by atoms with Crippen LogP contribution in [-0.2, 0) is 0 Å². The van der Waals surface area contributed by atoms with Crippen molar-refractivity contribution < 1.29 is 4.42 Å². The third kappa shape index (κ3) is 3.23. The first-order chi connectivity index (χ1) is 21.3. The molecule has 0 fully saturated rings. The molecule has 4 aromatic heterocycles. The Morgan fingerprint density at radius 2 is 1.28 bits per heavy atom. The quantitative estimate of drug-likeness (QED) is 0.215. The summed E-state index contributed by atoms with van der Waals surface area (Å²) in [5.41, 5.74) is 8.24. The molecule has 0 amide bonds. The SMILES string of the molecule is c1ccc2cc3c(cc2c1)oc1cc2c(cc13)c1ccc3ccccc3c1n2-c1ccc(-c2cn3ccccc3n2)cc1. The van der Waals surface area contributed by atoms with Crippen molar-refractivity contribution in [2.24, 2.45) is 0 Å². The highest BCUT2D eigenvalue weighted by molar-refractivity contribution is 6.23. The molecule has 0 aliphatic rings. The highest BCUT2D eigenvalue weighted by atomic mass is 16.3. The van der Waals surface area contributed by atoms with E-state index in [1.807, 2.05) is 24.4 Å². The lowest BCUT2D eigenvalue weighted by molar-refractivity contribution is 0.670. The molecule has 4 heteroatoms. The van der Waals surface area contributed by atoms with Crippen LogP contribution in [-0.4, -0.2) is 14.0 Å². The first kappa shape index (κ1) is 22.8. The van der Waals surface area contributed by atoms with Crippen molar-refractivity contribution in [1.29, 1.82) is 0 Å². The maximum Gasteiger partial charge on any atom is 0.137 e. The smallest absolute Gasteiger partial charge is 0.137 e. The van der Waals surface area contributed by atoms with Crippen molar-refractivity contribution in [2.45, 2.75) is 0 Å². The van der Waals surface area contributed by atoms with Crippen LogP contribution < -0.4 is 0 Å². The van der Waals surface area contributed by atoms with Gasteiger partial charge < -0.3 is 13.4 Å². The molecule has 0 aliphatic heterocycles. The summed E-state index contributed by atoms with van der Waals surface area (Å²) in [6, 6.07) is 45.4. The van der Waals surface area contributed by atoms with E-state index >= 15 is 0 Å². The maximum atomic E-state index is 6.52. The molecular weight excluding hydrogens is 526 g/mol. The van der Waals surface area contributed by atoms with Gasteiger partial charge in [-0.3, -0.25) is 0 Å². The summed E-state index contributed by atoms with van der Waals surface area (Å²) in [7, 11) is 0. The third-order valence-corrected chi connectivity index (χ3v) is 8.90. The number of imidazole rings is 1. The topological polar surface area (TPSA) is 35.4 Å². The molecule has 43 heavy (non-hydrogen) atoms. The normalized spacial score (nSPS) is 12.2. The molecule has 0 saturated heterocycles. The van der Waals surface area contributed by atoms with Crippen LogP contribution >= 0.6 is 0 Å². The monoisotopic (exact) mass is 549 g/mol. The summed E-state index contributed by atoms with van der Waals surface area (Å²) in [5, 5.41) is 9.59. The van der Waals surface area contributed by atoms with E-state index in [4.69, 9.17) is 9.40 Å². The van der Waals surface area contributed by atoms with Gasteiger partial charge in [0.05, 0.1) is 16.7 Å². The lowest BCUT2D eigenvalue weighted by Gasteiger charge is -2.10. The first-order valence-electron chi connectivity index (χ1n) is 14.5. The third-order valence-electron chi connectivity index (χ3n) is 8.90. The summed E-state index contributed by atoms with van der Waals surface area (Å²) in [6.07, 6.45) is 4.12. The van der Waals surface area contributed by atoms with Crippen LogP contribution in [0.1, 0.15) is 0 Å². The van der Waals surface area contributed by atoms with Crippen LogP contribution in [0.15, 0.2) is 144 Å². The Bertz CT molecular complexity index is 2690. The van der Waals surface area contributed by atoms with Crippen molar-refractivity contribution >= 4 is 70.9 Å². The highest BCUT2D eigenvalue weighted by Crippen LogP contribution is 2.41. The lowest BCUT2D eigenvalue weighted by atomic mass is 10.0. The fraction of sp³-hybridized carbons (Fsp3) is 0. The molecule has 6 aromatic carbocycles. The van der Waals surface area contributed by atoms with Gasteiger partial charge in [0.15, 0.2) is 0 Å². The average molecular weight is 550 g/mol. The molecule has 0 atom stereocenters. The van der Waals surface area contributed by atoms with Gasteiger partial charge in [0.1, 0.15) is 16.8 Å². The molecule has 200 valence electrons. The molecular formula is C39H23N3O. The fourth-order valence-electron chi connectivity index (χ4n) is 6.85. The van der Waals surface area contributed by atoms with E-state index in [1.165, 1.54) is 37.8 Å². The number of furan rings is 1. The van der Waals surface area contributed by atoms with Crippen LogP contribution in [0.3, 0.4) is 0 Å². The van der Waals surface area contributed by atoms with Crippen LogP contribution in [0.2, 0.25) is 0 Å². The predicted molar refractivity (Wildman–Crippen MR) is 177 cm³/mol. The Morgan fingerprint density at radius 3 is 2.14 bits per heavy atom. The highest BCUT2D eigenvalue weighted by Gasteiger charge is 2.19. The minimum Gasteiger partial charge on any atom is -0.456 e. The number of nitrogens with zero attached hydrogens (tertiary/aromatic N) is 3. The van der Waals surface area contributed by atoms with Gasteiger partial charge in [-0.25, -0.2) is 4.98 Å². The van der Waals surface area contributed by atoms with Gasteiger partial charge in [-0.2, -0.15) is 0 Å². The Balaban J connectivity index is 1.26. The van der Waals surface area contributed by atoms with Gasteiger partial charge in [0.25, 0.3) is 0 Å². The molecule has 0 saturated carbocycles. The van der Waals surface area contributed by atoms with E-state index in [1.54, 1.807) is 0 Å². The summed E-state index contributed by atoms with van der Waals surface area (Å²) in [4.78, 5) is 4.83. The molecule has 0 aliphatic carbocycles. The number of benzene rings is 6. The van der Waals surface area contributed by atoms with Crippen molar-refractivity contribution in [3.63, 3.8) is 0 Å². The molecule has 4 nitrogen and oxygen atoms in total. The Hall–Kier alpha value is -5.87. The first-order valence-corrected chi connectivity index (χ1v) is 14.5. The molecule has 4 heterocycles. The fourth-order valence-corrected chi connectivity index (χ4v) is 6.85. The minimum absolute atomic E-state index is 0.896. The zero-order chi connectivity index (χ0) is 28.1. The number of hydrogen-bond acceptors (Lipinski definition) is 2. The largest absolute Gasteiger partial charge is 0.456 e. The second kappa shape index (κ2) is 8.34. The number of pyridine rings is 1. The molecule has 0 bridgehead atoms. The van der Waals surface area contributed by atoms with Gasteiger partial charge in [-0.05, 0) is 58.6 Å². The van der Waals surface area contributed by atoms with Crippen LogP contribution in [0, 0.1) is 0 Å². The minimum atomic E-state index is 0.896. The molecule has 0 spiro atoms. The van der Waals surface area contributed by atoms with Crippen molar-refractivity contribution in [1.82, 2.24) is 14.0 Å². The van der Waals surface area contributed by atoms with E-state index in [2.05, 4.69) is 124 Å². The van der Waals surface area contributed by atoms with E-state index in [0.717, 1.165) is 50.0 Å². The zero-order valence-corrected chi connectivity index (χ0v) is 23.0. The standard InChI is InChI=1S/C39H23N3O/c1-2-9-27-20-36-32(19-26(27)8-1)33-21-31-30-17-14-24-7-3-4-10-29(24)39(30)42(35(31)22-37(33)43-36)28-15-12-25(13-16-28)34-23-41-18-6-5-11-38(41)40-34/h1-23H. The van der Waals surface area contributed by atoms with Crippen LogP contribution in [0.5, 0.6) is 0 Å².